The van der Waals surface area contributed by atoms with Crippen LogP contribution in [0.1, 0.15) is 39.7 Å². The fourth-order valence-corrected chi connectivity index (χ4v) is 3.50. The number of aromatic hydroxyl groups is 3. The molecule has 0 aromatic heterocycles. The van der Waals surface area contributed by atoms with Crippen molar-refractivity contribution in [3.8, 4) is 28.7 Å². The summed E-state index contributed by atoms with van der Waals surface area (Å²) in [5, 5.41) is 30.0. The molecule has 0 spiro atoms. The lowest BCUT2D eigenvalue weighted by molar-refractivity contribution is 0.111. The average molecular weight is 398 g/mol. The number of hydrogen-bond acceptors (Lipinski definition) is 5. The molecule has 0 heterocycles. The van der Waals surface area contributed by atoms with Gasteiger partial charge in [-0.2, -0.15) is 0 Å². The Morgan fingerprint density at radius 2 is 1.66 bits per heavy atom. The van der Waals surface area contributed by atoms with Gasteiger partial charge in [0.15, 0.2) is 17.9 Å². The van der Waals surface area contributed by atoms with Crippen LogP contribution in [-0.2, 0) is 0 Å². The summed E-state index contributed by atoms with van der Waals surface area (Å²) in [7, 11) is 0. The number of halogens is 2. The molecule has 1 aliphatic rings. The Morgan fingerprint density at radius 3 is 2.31 bits per heavy atom. The van der Waals surface area contributed by atoms with Gasteiger partial charge in [0.05, 0.1) is 5.56 Å². The van der Waals surface area contributed by atoms with Crippen molar-refractivity contribution in [2.24, 2.45) is 0 Å². The molecule has 0 bridgehead atoms. The molecule has 7 heteroatoms. The van der Waals surface area contributed by atoms with Gasteiger partial charge in [0.2, 0.25) is 0 Å². The van der Waals surface area contributed by atoms with Crippen molar-refractivity contribution < 1.29 is 33.6 Å². The van der Waals surface area contributed by atoms with Gasteiger partial charge in [0.1, 0.15) is 28.8 Å². The number of hydrogen-bond donors (Lipinski definition) is 3. The van der Waals surface area contributed by atoms with Crippen LogP contribution in [0.4, 0.5) is 8.78 Å². The zero-order valence-corrected chi connectivity index (χ0v) is 15.0. The van der Waals surface area contributed by atoms with E-state index in [1.807, 2.05) is 0 Å². The van der Waals surface area contributed by atoms with Crippen LogP contribution in [-0.4, -0.2) is 21.6 Å². The van der Waals surface area contributed by atoms with Gasteiger partial charge in [-0.15, -0.1) is 0 Å². The lowest BCUT2D eigenvalue weighted by Crippen LogP contribution is -1.93. The molecular formula is C22H16F2O5. The smallest absolute Gasteiger partial charge is 0.168 e. The highest BCUT2D eigenvalue weighted by atomic mass is 19.1. The molecular weight excluding hydrogens is 382 g/mol. The zero-order chi connectivity index (χ0) is 20.7. The van der Waals surface area contributed by atoms with E-state index < -0.39 is 23.1 Å². The predicted molar refractivity (Wildman–Crippen MR) is 99.8 cm³/mol. The largest absolute Gasteiger partial charge is 0.507 e. The van der Waals surface area contributed by atoms with Crippen LogP contribution in [0.25, 0.3) is 0 Å². The molecule has 0 saturated heterocycles. The SMILES string of the molecule is O=Cc1c(O)cc(O)c(C2CC2c2ccc(Oc3ccc(F)cc3F)cc2)c1O. The summed E-state index contributed by atoms with van der Waals surface area (Å²) < 4.78 is 32.1. The fourth-order valence-electron chi connectivity index (χ4n) is 3.50. The van der Waals surface area contributed by atoms with Gasteiger partial charge in [-0.05, 0) is 48.1 Å². The number of phenols is 3. The number of rotatable bonds is 5. The first-order valence-electron chi connectivity index (χ1n) is 8.85. The maximum atomic E-state index is 13.7. The molecule has 1 fully saturated rings. The van der Waals surface area contributed by atoms with E-state index in [1.165, 1.54) is 6.07 Å². The van der Waals surface area contributed by atoms with E-state index in [2.05, 4.69) is 0 Å². The molecule has 148 valence electrons. The summed E-state index contributed by atoms with van der Waals surface area (Å²) >= 11 is 0. The highest BCUT2D eigenvalue weighted by molar-refractivity contribution is 5.85. The second-order valence-electron chi connectivity index (χ2n) is 6.90. The minimum Gasteiger partial charge on any atom is -0.507 e. The van der Waals surface area contributed by atoms with Gasteiger partial charge in [0, 0.05) is 17.7 Å². The number of phenolic OH excluding ortho intramolecular Hbond substituents is 3. The molecule has 3 N–H and O–H groups in total. The molecule has 5 nitrogen and oxygen atoms in total. The van der Waals surface area contributed by atoms with Crippen molar-refractivity contribution in [1.29, 1.82) is 0 Å². The van der Waals surface area contributed by atoms with E-state index in [-0.39, 0.29) is 34.5 Å². The minimum absolute atomic E-state index is 0.00699. The van der Waals surface area contributed by atoms with Crippen molar-refractivity contribution in [3.63, 3.8) is 0 Å². The molecule has 1 aliphatic carbocycles. The van der Waals surface area contributed by atoms with Gasteiger partial charge in [-0.3, -0.25) is 4.79 Å². The van der Waals surface area contributed by atoms with Gasteiger partial charge in [-0.25, -0.2) is 8.78 Å². The van der Waals surface area contributed by atoms with E-state index >= 15 is 0 Å². The summed E-state index contributed by atoms with van der Waals surface area (Å²) in [6.45, 7) is 0. The monoisotopic (exact) mass is 398 g/mol. The van der Waals surface area contributed by atoms with Gasteiger partial charge in [-0.1, -0.05) is 12.1 Å². The normalized spacial score (nSPS) is 17.7. The minimum atomic E-state index is -0.805. The summed E-state index contributed by atoms with van der Waals surface area (Å²) in [6.07, 6.45) is 0.975. The maximum Gasteiger partial charge on any atom is 0.168 e. The zero-order valence-electron chi connectivity index (χ0n) is 15.0. The molecule has 4 rings (SSSR count). The number of benzene rings is 3. The lowest BCUT2D eigenvalue weighted by atomic mass is 9.99. The standard InChI is InChI=1S/C22H16F2O5/c23-12-3-6-20(17(24)7-12)29-13-4-1-11(2-5-13)14-8-15(14)21-19(27)9-18(26)16(10-25)22(21)28/h1-7,9-10,14-15,26-28H,8H2. The van der Waals surface area contributed by atoms with Crippen LogP contribution in [0.5, 0.6) is 28.7 Å². The second kappa shape index (κ2) is 7.09. The molecule has 2 atom stereocenters. The number of carbonyl (C=O) groups is 1. The third-order valence-corrected chi connectivity index (χ3v) is 5.04. The topological polar surface area (TPSA) is 87.0 Å². The third-order valence-electron chi connectivity index (χ3n) is 5.04. The molecule has 0 radical (unpaired) electrons. The van der Waals surface area contributed by atoms with Crippen LogP contribution in [0, 0.1) is 11.6 Å². The summed E-state index contributed by atoms with van der Waals surface area (Å²) in [6, 6.07) is 10.9. The highest BCUT2D eigenvalue weighted by Gasteiger charge is 2.43. The predicted octanol–water partition coefficient (Wildman–Crippen LogP) is 4.96. The number of carbonyl (C=O) groups excluding carboxylic acids is 1. The summed E-state index contributed by atoms with van der Waals surface area (Å²) in [4.78, 5) is 11.1. The Balaban J connectivity index is 1.53. The van der Waals surface area contributed by atoms with E-state index in [9.17, 15) is 28.9 Å². The molecule has 2 unspecified atom stereocenters. The summed E-state index contributed by atoms with van der Waals surface area (Å²) in [5.41, 5.74) is 0.874. The van der Waals surface area contributed by atoms with E-state index in [0.29, 0.717) is 18.5 Å². The Bertz CT molecular complexity index is 1100. The van der Waals surface area contributed by atoms with Gasteiger partial charge >= 0.3 is 0 Å². The molecule has 29 heavy (non-hydrogen) atoms. The van der Waals surface area contributed by atoms with Crippen molar-refractivity contribution in [3.05, 3.63) is 76.9 Å². The molecule has 3 aromatic rings. The van der Waals surface area contributed by atoms with Crippen LogP contribution >= 0.6 is 0 Å². The van der Waals surface area contributed by atoms with Crippen LogP contribution in [0.15, 0.2) is 48.5 Å². The number of aldehydes is 1. The quantitative estimate of drug-likeness (QED) is 0.529. The molecule has 1 saturated carbocycles. The molecule has 0 amide bonds. The van der Waals surface area contributed by atoms with Crippen LogP contribution in [0.2, 0.25) is 0 Å². The van der Waals surface area contributed by atoms with E-state index in [4.69, 9.17) is 4.74 Å². The lowest BCUT2D eigenvalue weighted by Gasteiger charge is -2.11. The van der Waals surface area contributed by atoms with Crippen molar-refractivity contribution in [2.45, 2.75) is 18.3 Å². The molecule has 0 aliphatic heterocycles. The fraction of sp³-hybridized carbons (Fsp3) is 0.136. The van der Waals surface area contributed by atoms with E-state index in [1.54, 1.807) is 24.3 Å². The van der Waals surface area contributed by atoms with Crippen LogP contribution in [0.3, 0.4) is 0 Å². The molecule has 3 aromatic carbocycles. The first-order chi connectivity index (χ1) is 13.9. The number of ether oxygens (including phenoxy) is 1. The first-order valence-corrected chi connectivity index (χ1v) is 8.85. The van der Waals surface area contributed by atoms with Gasteiger partial charge in [0.25, 0.3) is 0 Å². The van der Waals surface area contributed by atoms with Crippen molar-refractivity contribution in [2.75, 3.05) is 0 Å². The third kappa shape index (κ3) is 3.47. The Labute approximate surface area is 164 Å². The second-order valence-corrected chi connectivity index (χ2v) is 6.90. The average Bonchev–Trinajstić information content (AvgIpc) is 3.45. The summed E-state index contributed by atoms with van der Waals surface area (Å²) in [5.74, 6) is -2.61. The van der Waals surface area contributed by atoms with Crippen LogP contribution < -0.4 is 4.74 Å². The van der Waals surface area contributed by atoms with Crippen molar-refractivity contribution >= 4 is 6.29 Å². The Kier molecular flexibility index (Phi) is 4.58. The first kappa shape index (κ1) is 18.7. The van der Waals surface area contributed by atoms with E-state index in [0.717, 1.165) is 23.8 Å². The van der Waals surface area contributed by atoms with Crippen molar-refractivity contribution in [1.82, 2.24) is 0 Å². The Morgan fingerprint density at radius 1 is 0.931 bits per heavy atom. The highest BCUT2D eigenvalue weighted by Crippen LogP contribution is 2.60. The maximum absolute atomic E-state index is 13.7. The van der Waals surface area contributed by atoms with Gasteiger partial charge < -0.3 is 20.1 Å². The Hall–Kier alpha value is -3.61.